The maximum absolute atomic E-state index is 14.6. The fourth-order valence-electron chi connectivity index (χ4n) is 4.47. The standard InChI is InChI=1S/C25H29F3N2O2S/c1-15(18-9-19(26)11-20(27)10-18)30-7-5-16(6-8-30)14-32-24-13-23(28)22(25(31)29-33-2)12-21(24)17-3-4-17/h9-13,15-17H,3-8,14H2,1-2H3,(H,29,31). The Labute approximate surface area is 197 Å². The van der Waals surface area contributed by atoms with Crippen molar-refractivity contribution in [3.63, 3.8) is 0 Å². The highest BCUT2D eigenvalue weighted by Crippen LogP contribution is 2.45. The third-order valence-corrected chi connectivity index (χ3v) is 6.98. The zero-order chi connectivity index (χ0) is 23.5. The van der Waals surface area contributed by atoms with Crippen LogP contribution in [0.4, 0.5) is 13.2 Å². The van der Waals surface area contributed by atoms with E-state index in [1.54, 1.807) is 12.3 Å². The minimum atomic E-state index is -0.577. The lowest BCUT2D eigenvalue weighted by Crippen LogP contribution is -2.37. The summed E-state index contributed by atoms with van der Waals surface area (Å²) >= 11 is 1.14. The lowest BCUT2D eigenvalue weighted by Gasteiger charge is -2.36. The van der Waals surface area contributed by atoms with E-state index < -0.39 is 23.4 Å². The van der Waals surface area contributed by atoms with Gasteiger partial charge in [-0.05, 0) is 86.9 Å². The Hall–Kier alpha value is -2.19. The van der Waals surface area contributed by atoms with E-state index in [4.69, 9.17) is 4.74 Å². The van der Waals surface area contributed by atoms with Crippen LogP contribution in [0, 0.1) is 23.4 Å². The number of carbonyl (C=O) groups excluding carboxylic acids is 1. The summed E-state index contributed by atoms with van der Waals surface area (Å²) in [5.41, 5.74) is 1.59. The van der Waals surface area contributed by atoms with Crippen molar-refractivity contribution in [3.8, 4) is 5.75 Å². The highest BCUT2D eigenvalue weighted by molar-refractivity contribution is 7.97. The molecule has 0 bridgehead atoms. The number of nitrogens with zero attached hydrogens (tertiary/aromatic N) is 1. The second-order valence-electron chi connectivity index (χ2n) is 8.95. The Morgan fingerprint density at radius 1 is 1.09 bits per heavy atom. The molecule has 1 saturated carbocycles. The largest absolute Gasteiger partial charge is 0.493 e. The highest BCUT2D eigenvalue weighted by atomic mass is 32.2. The minimum Gasteiger partial charge on any atom is -0.493 e. The van der Waals surface area contributed by atoms with Crippen molar-refractivity contribution in [2.45, 2.75) is 44.6 Å². The first-order chi connectivity index (χ1) is 15.9. The van der Waals surface area contributed by atoms with Gasteiger partial charge in [-0.2, -0.15) is 0 Å². The van der Waals surface area contributed by atoms with Gasteiger partial charge in [0.05, 0.1) is 12.2 Å². The quantitative estimate of drug-likeness (QED) is 0.484. The fraction of sp³-hybridized carbons (Fsp3) is 0.480. The number of benzene rings is 2. The van der Waals surface area contributed by atoms with Gasteiger partial charge in [-0.3, -0.25) is 14.4 Å². The van der Waals surface area contributed by atoms with Gasteiger partial charge in [0.25, 0.3) is 5.91 Å². The van der Waals surface area contributed by atoms with Gasteiger partial charge in [-0.15, -0.1) is 0 Å². The van der Waals surface area contributed by atoms with E-state index in [9.17, 15) is 18.0 Å². The molecule has 1 aliphatic carbocycles. The van der Waals surface area contributed by atoms with Crippen LogP contribution in [0.3, 0.4) is 0 Å². The summed E-state index contributed by atoms with van der Waals surface area (Å²) in [6.07, 6.45) is 5.53. The molecule has 178 valence electrons. The lowest BCUT2D eigenvalue weighted by atomic mass is 9.95. The van der Waals surface area contributed by atoms with Gasteiger partial charge in [0.1, 0.15) is 23.2 Å². The molecule has 2 aliphatic rings. The second-order valence-corrected chi connectivity index (χ2v) is 9.56. The van der Waals surface area contributed by atoms with E-state index in [-0.39, 0.29) is 11.6 Å². The molecule has 1 saturated heterocycles. The molecule has 2 aromatic rings. The number of hydrogen-bond acceptors (Lipinski definition) is 4. The van der Waals surface area contributed by atoms with Crippen LogP contribution < -0.4 is 9.46 Å². The van der Waals surface area contributed by atoms with Crippen molar-refractivity contribution < 1.29 is 22.7 Å². The Kier molecular flexibility index (Phi) is 7.54. The van der Waals surface area contributed by atoms with E-state index in [0.29, 0.717) is 29.8 Å². The summed E-state index contributed by atoms with van der Waals surface area (Å²) in [5, 5.41) is 0. The van der Waals surface area contributed by atoms with Crippen LogP contribution in [0.5, 0.6) is 5.75 Å². The predicted octanol–water partition coefficient (Wildman–Crippen LogP) is 5.84. The average molecular weight is 479 g/mol. The predicted molar refractivity (Wildman–Crippen MR) is 124 cm³/mol. The first kappa shape index (κ1) is 24.0. The molecule has 2 fully saturated rings. The number of likely N-dealkylation sites (tertiary alicyclic amines) is 1. The van der Waals surface area contributed by atoms with Crippen LogP contribution in [0.25, 0.3) is 0 Å². The van der Waals surface area contributed by atoms with Gasteiger partial charge < -0.3 is 4.74 Å². The van der Waals surface area contributed by atoms with Gasteiger partial charge in [0.15, 0.2) is 0 Å². The summed E-state index contributed by atoms with van der Waals surface area (Å²) in [6.45, 7) is 4.03. The number of nitrogens with one attached hydrogen (secondary N) is 1. The Morgan fingerprint density at radius 2 is 1.76 bits per heavy atom. The van der Waals surface area contributed by atoms with Crippen LogP contribution in [-0.4, -0.2) is 36.8 Å². The molecule has 1 heterocycles. The molecule has 4 rings (SSSR count). The van der Waals surface area contributed by atoms with E-state index >= 15 is 0 Å². The monoisotopic (exact) mass is 478 g/mol. The molecule has 1 aliphatic heterocycles. The van der Waals surface area contributed by atoms with Crippen LogP contribution in [-0.2, 0) is 0 Å². The molecule has 0 radical (unpaired) electrons. The summed E-state index contributed by atoms with van der Waals surface area (Å²) < 4.78 is 50.4. The summed E-state index contributed by atoms with van der Waals surface area (Å²) in [4.78, 5) is 14.4. The van der Waals surface area contributed by atoms with E-state index in [1.807, 2.05) is 6.92 Å². The van der Waals surface area contributed by atoms with Gasteiger partial charge in [0.2, 0.25) is 0 Å². The summed E-state index contributed by atoms with van der Waals surface area (Å²) in [6, 6.07) is 6.57. The Bertz CT molecular complexity index is 987. The van der Waals surface area contributed by atoms with Crippen molar-refractivity contribution >= 4 is 17.9 Å². The normalized spacial score (nSPS) is 18.2. The first-order valence-electron chi connectivity index (χ1n) is 11.3. The van der Waals surface area contributed by atoms with E-state index in [1.165, 1.54) is 18.2 Å². The third kappa shape index (κ3) is 5.84. The molecular weight excluding hydrogens is 449 g/mol. The molecule has 2 aromatic carbocycles. The molecular formula is C25H29F3N2O2S. The van der Waals surface area contributed by atoms with E-state index in [0.717, 1.165) is 62.4 Å². The summed E-state index contributed by atoms with van der Waals surface area (Å²) in [5.74, 6) is -0.976. The van der Waals surface area contributed by atoms with Gasteiger partial charge in [-0.1, -0.05) is 11.9 Å². The number of amides is 1. The molecule has 0 spiro atoms. The Morgan fingerprint density at radius 3 is 2.36 bits per heavy atom. The number of carbonyl (C=O) groups is 1. The molecule has 8 heteroatoms. The molecule has 1 amide bonds. The molecule has 0 aromatic heterocycles. The van der Waals surface area contributed by atoms with Crippen molar-refractivity contribution in [1.82, 2.24) is 9.62 Å². The molecule has 1 atom stereocenters. The molecule has 1 unspecified atom stereocenters. The van der Waals surface area contributed by atoms with Crippen molar-refractivity contribution in [2.24, 2.45) is 5.92 Å². The smallest absolute Gasteiger partial charge is 0.264 e. The molecule has 1 N–H and O–H groups in total. The highest BCUT2D eigenvalue weighted by Gasteiger charge is 2.30. The number of hydrogen-bond donors (Lipinski definition) is 1. The van der Waals surface area contributed by atoms with Crippen molar-refractivity contribution in [2.75, 3.05) is 26.0 Å². The van der Waals surface area contributed by atoms with Crippen LogP contribution >= 0.6 is 11.9 Å². The van der Waals surface area contributed by atoms with Crippen molar-refractivity contribution in [3.05, 3.63) is 64.5 Å². The van der Waals surface area contributed by atoms with Crippen molar-refractivity contribution in [1.29, 1.82) is 0 Å². The number of ether oxygens (including phenoxy) is 1. The maximum atomic E-state index is 14.6. The first-order valence-corrected chi connectivity index (χ1v) is 12.6. The van der Waals surface area contributed by atoms with Gasteiger partial charge >= 0.3 is 0 Å². The molecule has 33 heavy (non-hydrogen) atoms. The zero-order valence-electron chi connectivity index (χ0n) is 18.9. The average Bonchev–Trinajstić information content (AvgIpc) is 3.62. The van der Waals surface area contributed by atoms with Crippen LogP contribution in [0.1, 0.15) is 66.1 Å². The molecule has 4 nitrogen and oxygen atoms in total. The van der Waals surface area contributed by atoms with Crippen LogP contribution in [0.2, 0.25) is 0 Å². The number of rotatable bonds is 8. The SMILES string of the molecule is CSNC(=O)c1cc(C2CC2)c(OCC2CCN(C(C)c3cc(F)cc(F)c3)CC2)cc1F. The minimum absolute atomic E-state index is 0.0506. The number of piperidine rings is 1. The lowest BCUT2D eigenvalue weighted by molar-refractivity contribution is 0.0980. The fourth-order valence-corrected chi connectivity index (χ4v) is 4.77. The van der Waals surface area contributed by atoms with E-state index in [2.05, 4.69) is 9.62 Å². The number of halogens is 3. The topological polar surface area (TPSA) is 41.6 Å². The second kappa shape index (κ2) is 10.4. The third-order valence-electron chi connectivity index (χ3n) is 6.59. The summed E-state index contributed by atoms with van der Waals surface area (Å²) in [7, 11) is 0. The van der Waals surface area contributed by atoms with Gasteiger partial charge in [-0.25, -0.2) is 13.2 Å². The van der Waals surface area contributed by atoms with Gasteiger partial charge in [0, 0.05) is 24.4 Å². The maximum Gasteiger partial charge on any atom is 0.264 e. The van der Waals surface area contributed by atoms with Crippen LogP contribution in [0.15, 0.2) is 30.3 Å². The Balaban J connectivity index is 1.36. The zero-order valence-corrected chi connectivity index (χ0v) is 19.7.